The second kappa shape index (κ2) is 7.16. The number of aliphatic carboxylic acids is 1. The highest BCUT2D eigenvalue weighted by molar-refractivity contribution is 5.82. The van der Waals surface area contributed by atoms with E-state index in [2.05, 4.69) is 11.9 Å². The molecular weight excluding hydrogens is 232 g/mol. The fourth-order valence-electron chi connectivity index (χ4n) is 1.72. The Labute approximate surface area is 108 Å². The normalized spacial score (nSPS) is 14.7. The number of carbonyl (C=O) groups is 2. The van der Waals surface area contributed by atoms with Crippen molar-refractivity contribution >= 4 is 11.9 Å². The highest BCUT2D eigenvalue weighted by atomic mass is 16.4. The minimum Gasteiger partial charge on any atom is -0.481 e. The van der Waals surface area contributed by atoms with Gasteiger partial charge in [-0.2, -0.15) is 0 Å². The van der Waals surface area contributed by atoms with E-state index in [9.17, 15) is 9.59 Å². The fraction of sp³-hybridized carbons (Fsp3) is 0.692. The number of nitrogens with one attached hydrogen (secondary N) is 1. The molecular formula is C13H24N2O3. The van der Waals surface area contributed by atoms with Crippen LogP contribution in [0.25, 0.3) is 0 Å². The summed E-state index contributed by atoms with van der Waals surface area (Å²) in [6.45, 7) is 9.51. The minimum absolute atomic E-state index is 0.0596. The van der Waals surface area contributed by atoms with Crippen LogP contribution < -0.4 is 11.1 Å². The molecule has 0 aliphatic rings. The number of carboxylic acids is 1. The Balaban J connectivity index is 4.53. The highest BCUT2D eigenvalue weighted by Gasteiger charge is 2.24. The maximum Gasteiger partial charge on any atom is 0.305 e. The standard InChI is InChI=1S/C13H24N2O3/c1-5-6-10(14)12(18)15-9(7-11(16)17)8-13(2,3)4/h5,9-10H,1,6-8,14H2,2-4H3,(H,15,18)(H,16,17). The molecule has 0 aromatic carbocycles. The molecule has 5 heteroatoms. The van der Waals surface area contributed by atoms with Gasteiger partial charge in [0.15, 0.2) is 0 Å². The number of rotatable bonds is 7. The second-order valence-corrected chi connectivity index (χ2v) is 5.70. The molecule has 0 bridgehead atoms. The van der Waals surface area contributed by atoms with E-state index in [1.807, 2.05) is 20.8 Å². The lowest BCUT2D eigenvalue weighted by molar-refractivity contribution is -0.138. The number of nitrogens with two attached hydrogens (primary N) is 1. The third-order valence-corrected chi connectivity index (χ3v) is 2.38. The SMILES string of the molecule is C=CCC(N)C(=O)NC(CC(=O)O)CC(C)(C)C. The maximum atomic E-state index is 11.7. The first-order valence-electron chi connectivity index (χ1n) is 6.04. The Hall–Kier alpha value is -1.36. The molecule has 0 aliphatic heterocycles. The molecule has 0 aliphatic carbocycles. The van der Waals surface area contributed by atoms with Gasteiger partial charge in [0.1, 0.15) is 0 Å². The van der Waals surface area contributed by atoms with E-state index >= 15 is 0 Å². The molecule has 104 valence electrons. The second-order valence-electron chi connectivity index (χ2n) is 5.70. The quantitative estimate of drug-likeness (QED) is 0.598. The number of carbonyl (C=O) groups excluding carboxylic acids is 1. The topological polar surface area (TPSA) is 92.4 Å². The molecule has 0 saturated heterocycles. The van der Waals surface area contributed by atoms with E-state index in [1.54, 1.807) is 6.08 Å². The van der Waals surface area contributed by atoms with Crippen LogP contribution in [0.2, 0.25) is 0 Å². The van der Waals surface area contributed by atoms with Crippen LogP contribution in [0, 0.1) is 5.41 Å². The van der Waals surface area contributed by atoms with Crippen LogP contribution in [0.4, 0.5) is 0 Å². The van der Waals surface area contributed by atoms with Crippen molar-refractivity contribution in [2.45, 2.75) is 52.1 Å². The predicted molar refractivity (Wildman–Crippen MR) is 71.0 cm³/mol. The molecule has 4 N–H and O–H groups in total. The van der Waals surface area contributed by atoms with Crippen LogP contribution in [0.15, 0.2) is 12.7 Å². The zero-order valence-corrected chi connectivity index (χ0v) is 11.4. The van der Waals surface area contributed by atoms with Crippen LogP contribution in [-0.2, 0) is 9.59 Å². The van der Waals surface area contributed by atoms with Crippen LogP contribution in [0.5, 0.6) is 0 Å². The van der Waals surface area contributed by atoms with Crippen molar-refractivity contribution in [1.82, 2.24) is 5.32 Å². The number of amides is 1. The lowest BCUT2D eigenvalue weighted by Crippen LogP contribution is -2.47. The van der Waals surface area contributed by atoms with Crippen LogP contribution in [0.1, 0.15) is 40.0 Å². The van der Waals surface area contributed by atoms with Gasteiger partial charge in [-0.3, -0.25) is 9.59 Å². The zero-order chi connectivity index (χ0) is 14.3. The molecule has 0 saturated carbocycles. The van der Waals surface area contributed by atoms with Gasteiger partial charge in [-0.15, -0.1) is 6.58 Å². The summed E-state index contributed by atoms with van der Waals surface area (Å²) in [5, 5.41) is 11.5. The van der Waals surface area contributed by atoms with Crippen LogP contribution in [0.3, 0.4) is 0 Å². The van der Waals surface area contributed by atoms with Gasteiger partial charge < -0.3 is 16.2 Å². The van der Waals surface area contributed by atoms with Gasteiger partial charge in [0.05, 0.1) is 12.5 Å². The van der Waals surface area contributed by atoms with E-state index in [0.717, 1.165) is 0 Å². The average Bonchev–Trinajstić information content (AvgIpc) is 2.13. The minimum atomic E-state index is -0.929. The lowest BCUT2D eigenvalue weighted by Gasteiger charge is -2.26. The molecule has 18 heavy (non-hydrogen) atoms. The van der Waals surface area contributed by atoms with Gasteiger partial charge in [-0.25, -0.2) is 0 Å². The van der Waals surface area contributed by atoms with Gasteiger partial charge in [-0.05, 0) is 18.3 Å². The lowest BCUT2D eigenvalue weighted by atomic mass is 9.87. The van der Waals surface area contributed by atoms with Gasteiger partial charge in [0.2, 0.25) is 5.91 Å². The Morgan fingerprint density at radius 1 is 1.44 bits per heavy atom. The van der Waals surface area contributed by atoms with Gasteiger partial charge in [0, 0.05) is 6.04 Å². The molecule has 5 nitrogen and oxygen atoms in total. The van der Waals surface area contributed by atoms with Crippen molar-refractivity contribution in [3.05, 3.63) is 12.7 Å². The largest absolute Gasteiger partial charge is 0.481 e. The molecule has 0 rings (SSSR count). The van der Waals surface area contributed by atoms with Gasteiger partial charge >= 0.3 is 5.97 Å². The summed E-state index contributed by atoms with van der Waals surface area (Å²) in [6, 6.07) is -1.07. The van der Waals surface area contributed by atoms with E-state index < -0.39 is 18.1 Å². The van der Waals surface area contributed by atoms with Crippen molar-refractivity contribution in [1.29, 1.82) is 0 Å². The molecule has 0 fully saturated rings. The highest BCUT2D eigenvalue weighted by Crippen LogP contribution is 2.22. The first kappa shape index (κ1) is 16.6. The van der Waals surface area contributed by atoms with Crippen LogP contribution >= 0.6 is 0 Å². The molecule has 0 aromatic heterocycles. The third kappa shape index (κ3) is 7.84. The maximum absolute atomic E-state index is 11.7. The van der Waals surface area contributed by atoms with E-state index in [4.69, 9.17) is 10.8 Å². The van der Waals surface area contributed by atoms with E-state index in [0.29, 0.717) is 12.8 Å². The van der Waals surface area contributed by atoms with Crippen molar-refractivity contribution in [2.75, 3.05) is 0 Å². The van der Waals surface area contributed by atoms with Crippen molar-refractivity contribution < 1.29 is 14.7 Å². The molecule has 2 atom stereocenters. The first-order chi connectivity index (χ1) is 8.15. The summed E-state index contributed by atoms with van der Waals surface area (Å²) in [6.07, 6.45) is 2.44. The zero-order valence-electron chi connectivity index (χ0n) is 11.4. The summed E-state index contributed by atoms with van der Waals surface area (Å²) in [5.41, 5.74) is 5.58. The Morgan fingerprint density at radius 3 is 2.39 bits per heavy atom. The van der Waals surface area contributed by atoms with E-state index in [-0.39, 0.29) is 17.7 Å². The van der Waals surface area contributed by atoms with Crippen molar-refractivity contribution in [3.63, 3.8) is 0 Å². The van der Waals surface area contributed by atoms with Gasteiger partial charge in [-0.1, -0.05) is 26.8 Å². The Bertz CT molecular complexity index is 308. The van der Waals surface area contributed by atoms with Crippen molar-refractivity contribution in [2.24, 2.45) is 11.1 Å². The summed E-state index contributed by atoms with van der Waals surface area (Å²) >= 11 is 0. The molecule has 0 heterocycles. The van der Waals surface area contributed by atoms with Gasteiger partial charge in [0.25, 0.3) is 0 Å². The smallest absolute Gasteiger partial charge is 0.305 e. The van der Waals surface area contributed by atoms with Crippen molar-refractivity contribution in [3.8, 4) is 0 Å². The number of carboxylic acid groups (broad SMARTS) is 1. The molecule has 0 spiro atoms. The Morgan fingerprint density at radius 2 is 2.00 bits per heavy atom. The molecule has 1 amide bonds. The summed E-state index contributed by atoms with van der Waals surface area (Å²) < 4.78 is 0. The first-order valence-corrected chi connectivity index (χ1v) is 6.04. The number of hydrogen-bond acceptors (Lipinski definition) is 3. The summed E-state index contributed by atoms with van der Waals surface area (Å²) in [4.78, 5) is 22.5. The predicted octanol–water partition coefficient (Wildman–Crippen LogP) is 1.29. The monoisotopic (exact) mass is 256 g/mol. The molecule has 0 aromatic rings. The summed E-state index contributed by atoms with van der Waals surface area (Å²) in [7, 11) is 0. The number of hydrogen-bond donors (Lipinski definition) is 3. The average molecular weight is 256 g/mol. The van der Waals surface area contributed by atoms with E-state index in [1.165, 1.54) is 0 Å². The summed E-state index contributed by atoms with van der Waals surface area (Å²) in [5.74, 6) is -1.26. The molecule has 2 unspecified atom stereocenters. The fourth-order valence-corrected chi connectivity index (χ4v) is 1.72. The molecule has 0 radical (unpaired) electrons. The third-order valence-electron chi connectivity index (χ3n) is 2.38. The Kier molecular flexibility index (Phi) is 6.62. The van der Waals surface area contributed by atoms with Crippen LogP contribution in [-0.4, -0.2) is 29.1 Å².